The molecular formula is C21H15F3N4. The van der Waals surface area contributed by atoms with Crippen LogP contribution in [0.25, 0.3) is 10.9 Å². The number of nitrogens with zero attached hydrogens (tertiary/aromatic N) is 3. The van der Waals surface area contributed by atoms with Gasteiger partial charge in [-0.25, -0.2) is 9.97 Å². The molecule has 140 valence electrons. The van der Waals surface area contributed by atoms with Gasteiger partial charge in [0.2, 0.25) is 5.82 Å². The van der Waals surface area contributed by atoms with Crippen LogP contribution in [0.15, 0.2) is 79.1 Å². The first-order valence-corrected chi connectivity index (χ1v) is 8.58. The highest BCUT2D eigenvalue weighted by molar-refractivity contribution is 5.89. The number of hydrogen-bond acceptors (Lipinski definition) is 4. The molecule has 0 amide bonds. The number of anilines is 1. The van der Waals surface area contributed by atoms with Crippen molar-refractivity contribution in [2.45, 2.75) is 12.2 Å². The Morgan fingerprint density at radius 2 is 1.39 bits per heavy atom. The van der Waals surface area contributed by atoms with E-state index in [1.807, 2.05) is 42.5 Å². The van der Waals surface area contributed by atoms with Crippen LogP contribution >= 0.6 is 0 Å². The molecule has 0 aliphatic rings. The molecule has 0 bridgehead atoms. The molecule has 0 aliphatic heterocycles. The zero-order chi connectivity index (χ0) is 19.6. The Labute approximate surface area is 159 Å². The third-order valence-corrected chi connectivity index (χ3v) is 4.31. The predicted molar refractivity (Wildman–Crippen MR) is 101 cm³/mol. The van der Waals surface area contributed by atoms with Crippen LogP contribution in [-0.4, -0.2) is 15.0 Å². The Balaban J connectivity index is 1.86. The first-order valence-electron chi connectivity index (χ1n) is 8.58. The summed E-state index contributed by atoms with van der Waals surface area (Å²) in [6.45, 7) is 0. The molecule has 2 heterocycles. The average molecular weight is 380 g/mol. The minimum Gasteiger partial charge on any atom is -0.359 e. The van der Waals surface area contributed by atoms with Crippen LogP contribution in [-0.2, 0) is 6.18 Å². The van der Waals surface area contributed by atoms with Crippen LogP contribution in [0.1, 0.15) is 23.0 Å². The first-order chi connectivity index (χ1) is 13.5. The molecule has 0 saturated heterocycles. The lowest BCUT2D eigenvalue weighted by Gasteiger charge is -2.22. The molecule has 0 aliphatic carbocycles. The third kappa shape index (κ3) is 3.64. The van der Waals surface area contributed by atoms with Gasteiger partial charge in [-0.1, -0.05) is 42.5 Å². The van der Waals surface area contributed by atoms with Crippen molar-refractivity contribution in [3.05, 3.63) is 96.1 Å². The van der Waals surface area contributed by atoms with Gasteiger partial charge in [0.05, 0.1) is 11.6 Å². The molecule has 2 aromatic heterocycles. The van der Waals surface area contributed by atoms with Gasteiger partial charge in [0.1, 0.15) is 5.82 Å². The highest BCUT2D eigenvalue weighted by Crippen LogP contribution is 2.33. The fourth-order valence-corrected chi connectivity index (χ4v) is 3.01. The van der Waals surface area contributed by atoms with E-state index in [-0.39, 0.29) is 11.3 Å². The highest BCUT2D eigenvalue weighted by Gasteiger charge is 2.35. The molecule has 4 rings (SSSR count). The smallest absolute Gasteiger partial charge is 0.359 e. The molecule has 7 heteroatoms. The Morgan fingerprint density at radius 3 is 2.11 bits per heavy atom. The lowest BCUT2D eigenvalue weighted by atomic mass is 9.99. The number of hydrogen-bond donors (Lipinski definition) is 1. The minimum atomic E-state index is -4.64. The van der Waals surface area contributed by atoms with E-state index in [0.29, 0.717) is 5.39 Å². The van der Waals surface area contributed by atoms with Crippen LogP contribution < -0.4 is 5.32 Å². The van der Waals surface area contributed by atoms with Crippen molar-refractivity contribution >= 4 is 16.7 Å². The zero-order valence-corrected chi connectivity index (χ0v) is 14.6. The predicted octanol–water partition coefficient (Wildman–Crippen LogP) is 5.25. The van der Waals surface area contributed by atoms with Gasteiger partial charge in [0.25, 0.3) is 0 Å². The monoisotopic (exact) mass is 380 g/mol. The molecule has 4 nitrogen and oxygen atoms in total. The standard InChI is InChI=1S/C21H15F3N4/c22-21(23,24)20-26-17-9-5-4-8-16(17)19(28-20)27-18(14-6-2-1-3-7-14)15-10-12-25-13-11-15/h1-13,18H,(H,26,27,28). The molecular weight excluding hydrogens is 365 g/mol. The van der Waals surface area contributed by atoms with Gasteiger partial charge in [-0.2, -0.15) is 13.2 Å². The molecule has 1 atom stereocenters. The second-order valence-corrected chi connectivity index (χ2v) is 6.18. The summed E-state index contributed by atoms with van der Waals surface area (Å²) in [6.07, 6.45) is -1.35. The number of nitrogens with one attached hydrogen (secondary N) is 1. The van der Waals surface area contributed by atoms with Crippen LogP contribution in [0, 0.1) is 0 Å². The van der Waals surface area contributed by atoms with Crippen LogP contribution in [0.5, 0.6) is 0 Å². The van der Waals surface area contributed by atoms with Crippen molar-refractivity contribution in [2.75, 3.05) is 5.32 Å². The topological polar surface area (TPSA) is 50.7 Å². The van der Waals surface area contributed by atoms with Gasteiger partial charge in [-0.15, -0.1) is 0 Å². The molecule has 0 fully saturated rings. The number of alkyl halides is 3. The Bertz CT molecular complexity index is 1040. The summed E-state index contributed by atoms with van der Waals surface area (Å²) >= 11 is 0. The third-order valence-electron chi connectivity index (χ3n) is 4.31. The Hall–Kier alpha value is -3.48. The fourth-order valence-electron chi connectivity index (χ4n) is 3.01. The van der Waals surface area contributed by atoms with E-state index in [4.69, 9.17) is 0 Å². The summed E-state index contributed by atoms with van der Waals surface area (Å²) in [6, 6.07) is 19.3. The van der Waals surface area contributed by atoms with E-state index in [1.54, 1.807) is 36.7 Å². The summed E-state index contributed by atoms with van der Waals surface area (Å²) in [4.78, 5) is 11.5. The fraction of sp³-hybridized carbons (Fsp3) is 0.0952. The number of halogens is 3. The van der Waals surface area contributed by atoms with E-state index in [9.17, 15) is 13.2 Å². The van der Waals surface area contributed by atoms with E-state index in [2.05, 4.69) is 20.3 Å². The molecule has 0 radical (unpaired) electrons. The average Bonchev–Trinajstić information content (AvgIpc) is 2.72. The molecule has 1 N–H and O–H groups in total. The van der Waals surface area contributed by atoms with Crippen molar-refractivity contribution in [2.24, 2.45) is 0 Å². The van der Waals surface area contributed by atoms with E-state index < -0.39 is 18.0 Å². The van der Waals surface area contributed by atoms with Gasteiger partial charge in [0.15, 0.2) is 0 Å². The lowest BCUT2D eigenvalue weighted by Crippen LogP contribution is -2.17. The second-order valence-electron chi connectivity index (χ2n) is 6.18. The number of fused-ring (bicyclic) bond motifs is 1. The largest absolute Gasteiger partial charge is 0.451 e. The Kier molecular flexibility index (Phi) is 4.65. The van der Waals surface area contributed by atoms with Crippen LogP contribution in [0.2, 0.25) is 0 Å². The summed E-state index contributed by atoms with van der Waals surface area (Å²) in [5, 5.41) is 3.71. The number of rotatable bonds is 4. The maximum atomic E-state index is 13.3. The van der Waals surface area contributed by atoms with Gasteiger partial charge in [0, 0.05) is 17.8 Å². The first kappa shape index (κ1) is 17.9. The molecule has 0 saturated carbocycles. The number of benzene rings is 2. The van der Waals surface area contributed by atoms with E-state index >= 15 is 0 Å². The quantitative estimate of drug-likeness (QED) is 0.526. The maximum absolute atomic E-state index is 13.3. The van der Waals surface area contributed by atoms with Gasteiger partial charge in [-0.05, 0) is 35.4 Å². The minimum absolute atomic E-state index is 0.128. The van der Waals surface area contributed by atoms with E-state index in [1.165, 1.54) is 0 Å². The molecule has 2 aromatic carbocycles. The number of para-hydroxylation sites is 1. The van der Waals surface area contributed by atoms with Gasteiger partial charge in [-0.3, -0.25) is 4.98 Å². The summed E-state index contributed by atoms with van der Waals surface area (Å²) in [5.41, 5.74) is 1.98. The van der Waals surface area contributed by atoms with Crippen molar-refractivity contribution in [1.29, 1.82) is 0 Å². The van der Waals surface area contributed by atoms with Crippen LogP contribution in [0.4, 0.5) is 19.0 Å². The summed E-state index contributed by atoms with van der Waals surface area (Å²) < 4.78 is 40.0. The molecule has 28 heavy (non-hydrogen) atoms. The SMILES string of the molecule is FC(F)(F)c1nc(NC(c2ccccc2)c2ccncc2)c2ccccc2n1. The Morgan fingerprint density at radius 1 is 0.750 bits per heavy atom. The van der Waals surface area contributed by atoms with Crippen molar-refractivity contribution in [3.63, 3.8) is 0 Å². The molecule has 1 unspecified atom stereocenters. The van der Waals surface area contributed by atoms with Crippen molar-refractivity contribution in [1.82, 2.24) is 15.0 Å². The van der Waals surface area contributed by atoms with Crippen LogP contribution in [0.3, 0.4) is 0 Å². The van der Waals surface area contributed by atoms with E-state index in [0.717, 1.165) is 11.1 Å². The summed E-state index contributed by atoms with van der Waals surface area (Å²) in [7, 11) is 0. The zero-order valence-electron chi connectivity index (χ0n) is 14.6. The lowest BCUT2D eigenvalue weighted by molar-refractivity contribution is -0.144. The van der Waals surface area contributed by atoms with Crippen molar-refractivity contribution in [3.8, 4) is 0 Å². The van der Waals surface area contributed by atoms with Gasteiger partial charge < -0.3 is 5.32 Å². The normalized spacial score (nSPS) is 12.7. The van der Waals surface area contributed by atoms with Gasteiger partial charge >= 0.3 is 6.18 Å². The number of aromatic nitrogens is 3. The molecule has 4 aromatic rings. The second kappa shape index (κ2) is 7.26. The van der Waals surface area contributed by atoms with Crippen molar-refractivity contribution < 1.29 is 13.2 Å². The number of pyridine rings is 1. The summed E-state index contributed by atoms with van der Waals surface area (Å²) in [5.74, 6) is -1.04. The maximum Gasteiger partial charge on any atom is 0.451 e. The highest BCUT2D eigenvalue weighted by atomic mass is 19.4. The molecule has 0 spiro atoms.